The van der Waals surface area contributed by atoms with Gasteiger partial charge in [0.2, 0.25) is 0 Å². The van der Waals surface area contributed by atoms with Crippen LogP contribution in [0.15, 0.2) is 30.3 Å². The zero-order valence-corrected chi connectivity index (χ0v) is 15.6. The van der Waals surface area contributed by atoms with Crippen molar-refractivity contribution in [3.8, 4) is 5.75 Å². The smallest absolute Gasteiger partial charge is 0.303 e. The van der Waals surface area contributed by atoms with Crippen molar-refractivity contribution in [1.29, 1.82) is 0 Å². The molecule has 0 spiro atoms. The van der Waals surface area contributed by atoms with Gasteiger partial charge in [0.05, 0.1) is 6.61 Å². The normalized spacial score (nSPS) is 9.78. The van der Waals surface area contributed by atoms with Gasteiger partial charge < -0.3 is 20.1 Å². The summed E-state index contributed by atoms with van der Waals surface area (Å²) >= 11 is 0. The topological polar surface area (TPSA) is 121 Å². The van der Waals surface area contributed by atoms with E-state index in [-0.39, 0.29) is 19.3 Å². The average molecular weight is 382 g/mol. The highest BCUT2D eigenvalue weighted by Gasteiger charge is 1.98. The third-order valence-corrected chi connectivity index (χ3v) is 3.58. The van der Waals surface area contributed by atoms with E-state index in [9.17, 15) is 14.4 Å². The number of ether oxygens (including phenoxy) is 1. The molecular weight excluding hydrogens is 352 g/mol. The third-order valence-electron chi connectivity index (χ3n) is 3.58. The van der Waals surface area contributed by atoms with E-state index in [1.165, 1.54) is 0 Å². The number of carbonyl (C=O) groups is 3. The van der Waals surface area contributed by atoms with Gasteiger partial charge in [0.15, 0.2) is 0 Å². The minimum atomic E-state index is -0.781. The number of rotatable bonds is 14. The second-order valence-corrected chi connectivity index (χ2v) is 6.07. The predicted octanol–water partition coefficient (Wildman–Crippen LogP) is 4.21. The number of aliphatic carboxylic acids is 3. The van der Waals surface area contributed by atoms with E-state index in [0.29, 0.717) is 13.0 Å². The maximum absolute atomic E-state index is 10.2. The molecule has 0 fully saturated rings. The molecule has 0 aliphatic carbocycles. The molecule has 0 saturated heterocycles. The zero-order chi connectivity index (χ0) is 20.3. The predicted molar refractivity (Wildman–Crippen MR) is 101 cm³/mol. The molecule has 3 N–H and O–H groups in total. The summed E-state index contributed by atoms with van der Waals surface area (Å²) in [4.78, 5) is 30.4. The van der Waals surface area contributed by atoms with E-state index in [1.54, 1.807) is 0 Å². The molecule has 0 unspecified atom stereocenters. The summed E-state index contributed by atoms with van der Waals surface area (Å²) in [6.45, 7) is 0.455. The summed E-state index contributed by atoms with van der Waals surface area (Å²) in [7, 11) is 0. The van der Waals surface area contributed by atoms with E-state index < -0.39 is 17.9 Å². The molecular formula is C20H30O7. The van der Waals surface area contributed by atoms with Gasteiger partial charge in [-0.1, -0.05) is 43.9 Å². The van der Waals surface area contributed by atoms with Crippen LogP contribution in [0, 0.1) is 0 Å². The summed E-state index contributed by atoms with van der Waals surface area (Å²) in [6.07, 6.45) is 6.53. The van der Waals surface area contributed by atoms with Gasteiger partial charge >= 0.3 is 17.9 Å². The molecule has 0 bridgehead atoms. The van der Waals surface area contributed by atoms with Gasteiger partial charge in [-0.15, -0.1) is 0 Å². The molecule has 0 atom stereocenters. The molecule has 0 aliphatic rings. The number of carboxylic acid groups (broad SMARTS) is 3. The minimum Gasteiger partial charge on any atom is -0.494 e. The first-order valence-corrected chi connectivity index (χ1v) is 9.25. The lowest BCUT2D eigenvalue weighted by molar-refractivity contribution is -0.138. The summed E-state index contributed by atoms with van der Waals surface area (Å²) in [5, 5.41) is 25.1. The van der Waals surface area contributed by atoms with Gasteiger partial charge in [-0.3, -0.25) is 14.4 Å². The van der Waals surface area contributed by atoms with Gasteiger partial charge in [-0.25, -0.2) is 0 Å². The van der Waals surface area contributed by atoms with Crippen LogP contribution in [-0.2, 0) is 14.4 Å². The Labute approximate surface area is 160 Å². The first-order chi connectivity index (χ1) is 12.9. The quantitative estimate of drug-likeness (QED) is 0.412. The fraction of sp³-hybridized carbons (Fsp3) is 0.550. The number of unbranched alkanes of at least 4 members (excludes halogenated alkanes) is 5. The SMILES string of the molecule is O=C(O)CCCCCCCCC(=O)O.O=C(O)CCCOc1ccccc1. The number of hydrogen-bond donors (Lipinski definition) is 3. The Balaban J connectivity index is 0.000000501. The van der Waals surface area contributed by atoms with Crippen molar-refractivity contribution in [2.75, 3.05) is 6.61 Å². The lowest BCUT2D eigenvalue weighted by atomic mass is 10.1. The van der Waals surface area contributed by atoms with Crippen LogP contribution in [0.3, 0.4) is 0 Å². The van der Waals surface area contributed by atoms with Crippen LogP contribution < -0.4 is 4.74 Å². The lowest BCUT2D eigenvalue weighted by Gasteiger charge is -2.03. The van der Waals surface area contributed by atoms with Crippen molar-refractivity contribution in [3.05, 3.63) is 30.3 Å². The van der Waals surface area contributed by atoms with Gasteiger partial charge in [0.25, 0.3) is 0 Å². The Morgan fingerprint density at radius 3 is 1.48 bits per heavy atom. The molecule has 27 heavy (non-hydrogen) atoms. The monoisotopic (exact) mass is 382 g/mol. The largest absolute Gasteiger partial charge is 0.494 e. The molecule has 0 amide bonds. The highest BCUT2D eigenvalue weighted by molar-refractivity contribution is 5.67. The Bertz CT molecular complexity index is 508. The van der Waals surface area contributed by atoms with Crippen molar-refractivity contribution in [2.45, 2.75) is 64.2 Å². The third kappa shape index (κ3) is 19.6. The number of para-hydroxylation sites is 1. The lowest BCUT2D eigenvalue weighted by Crippen LogP contribution is -2.01. The first kappa shape index (κ1) is 24.4. The summed E-state index contributed by atoms with van der Waals surface area (Å²) in [5.74, 6) is -1.48. The van der Waals surface area contributed by atoms with Crippen LogP contribution in [0.4, 0.5) is 0 Å². The van der Waals surface area contributed by atoms with Crippen LogP contribution in [-0.4, -0.2) is 39.8 Å². The van der Waals surface area contributed by atoms with Crippen LogP contribution >= 0.6 is 0 Å². The van der Waals surface area contributed by atoms with Gasteiger partial charge in [0.1, 0.15) is 5.75 Å². The molecule has 1 aromatic rings. The van der Waals surface area contributed by atoms with E-state index in [0.717, 1.165) is 44.3 Å². The van der Waals surface area contributed by atoms with Crippen molar-refractivity contribution in [2.24, 2.45) is 0 Å². The Morgan fingerprint density at radius 1 is 0.630 bits per heavy atom. The summed E-state index contributed by atoms with van der Waals surface area (Å²) in [6, 6.07) is 9.37. The van der Waals surface area contributed by atoms with E-state index in [1.807, 2.05) is 30.3 Å². The second kappa shape index (κ2) is 16.9. The molecule has 0 saturated carbocycles. The average Bonchev–Trinajstić information content (AvgIpc) is 2.62. The van der Waals surface area contributed by atoms with Crippen LogP contribution in [0.5, 0.6) is 5.75 Å². The maximum atomic E-state index is 10.2. The molecule has 7 heteroatoms. The first-order valence-electron chi connectivity index (χ1n) is 9.25. The number of carboxylic acids is 3. The molecule has 152 valence electrons. The standard InChI is InChI=1S/C10H18O4.C10H12O3/c11-9(12)7-5-3-1-2-4-6-8-10(13)14;11-10(12)7-4-8-13-9-5-2-1-3-6-9/h1-8H2,(H,11,12)(H,13,14);1-3,5-6H,4,7-8H2,(H,11,12). The molecule has 0 heterocycles. The minimum absolute atomic E-state index is 0.160. The number of benzene rings is 1. The highest BCUT2D eigenvalue weighted by Crippen LogP contribution is 2.09. The molecule has 0 radical (unpaired) electrons. The number of hydrogen-bond acceptors (Lipinski definition) is 4. The Morgan fingerprint density at radius 2 is 1.04 bits per heavy atom. The van der Waals surface area contributed by atoms with E-state index >= 15 is 0 Å². The Kier molecular flexibility index (Phi) is 15.3. The van der Waals surface area contributed by atoms with Gasteiger partial charge in [-0.2, -0.15) is 0 Å². The van der Waals surface area contributed by atoms with Crippen molar-refractivity contribution in [3.63, 3.8) is 0 Å². The Hall–Kier alpha value is -2.57. The van der Waals surface area contributed by atoms with Crippen LogP contribution in [0.2, 0.25) is 0 Å². The summed E-state index contributed by atoms with van der Waals surface area (Å²) in [5.41, 5.74) is 0. The molecule has 0 aromatic heterocycles. The molecule has 1 rings (SSSR count). The van der Waals surface area contributed by atoms with Gasteiger partial charge in [-0.05, 0) is 31.4 Å². The second-order valence-electron chi connectivity index (χ2n) is 6.07. The maximum Gasteiger partial charge on any atom is 0.303 e. The van der Waals surface area contributed by atoms with Crippen molar-refractivity contribution < 1.29 is 34.4 Å². The van der Waals surface area contributed by atoms with Crippen molar-refractivity contribution in [1.82, 2.24) is 0 Å². The van der Waals surface area contributed by atoms with Gasteiger partial charge in [0, 0.05) is 19.3 Å². The van der Waals surface area contributed by atoms with E-state index in [4.69, 9.17) is 20.1 Å². The zero-order valence-electron chi connectivity index (χ0n) is 15.6. The molecule has 7 nitrogen and oxygen atoms in total. The summed E-state index contributed by atoms with van der Waals surface area (Å²) < 4.78 is 5.29. The molecule has 1 aromatic carbocycles. The van der Waals surface area contributed by atoms with Crippen molar-refractivity contribution >= 4 is 17.9 Å². The van der Waals surface area contributed by atoms with E-state index in [2.05, 4.69) is 0 Å². The van der Waals surface area contributed by atoms with Crippen LogP contribution in [0.1, 0.15) is 64.2 Å². The highest BCUT2D eigenvalue weighted by atomic mass is 16.5. The fourth-order valence-electron chi connectivity index (χ4n) is 2.19. The molecule has 0 aliphatic heterocycles. The van der Waals surface area contributed by atoms with Crippen LogP contribution in [0.25, 0.3) is 0 Å². The fourth-order valence-corrected chi connectivity index (χ4v) is 2.19.